The predicted molar refractivity (Wildman–Crippen MR) is 76.3 cm³/mol. The molecule has 2 atom stereocenters. The van der Waals surface area contributed by atoms with Gasteiger partial charge in [-0.05, 0) is 18.9 Å². The van der Waals surface area contributed by atoms with Gasteiger partial charge in [0.25, 0.3) is 5.69 Å². The lowest BCUT2D eigenvalue weighted by atomic mass is 10.0. The van der Waals surface area contributed by atoms with Gasteiger partial charge < -0.3 is 10.3 Å². The highest BCUT2D eigenvalue weighted by Gasteiger charge is 2.17. The maximum atomic E-state index is 10.8. The second kappa shape index (κ2) is 6.29. The lowest BCUT2D eigenvalue weighted by Crippen LogP contribution is -2.25. The summed E-state index contributed by atoms with van der Waals surface area (Å²) in [5.74, 6) is 0.855. The van der Waals surface area contributed by atoms with Crippen molar-refractivity contribution in [1.82, 2.24) is 15.3 Å². The van der Waals surface area contributed by atoms with Crippen LogP contribution in [0.3, 0.4) is 0 Å². The number of nitrogens with zero attached hydrogens (tertiary/aromatic N) is 2. The molecule has 0 spiro atoms. The van der Waals surface area contributed by atoms with Crippen LogP contribution in [0.2, 0.25) is 0 Å². The zero-order valence-corrected chi connectivity index (χ0v) is 11.5. The van der Waals surface area contributed by atoms with Crippen LogP contribution in [0.15, 0.2) is 36.7 Å². The first kappa shape index (κ1) is 14.2. The highest BCUT2D eigenvalue weighted by molar-refractivity contribution is 5.35. The van der Waals surface area contributed by atoms with Crippen molar-refractivity contribution in [3.63, 3.8) is 0 Å². The van der Waals surface area contributed by atoms with Gasteiger partial charge in [0.1, 0.15) is 5.82 Å². The Morgan fingerprint density at radius 1 is 1.50 bits per heavy atom. The molecule has 2 rings (SSSR count). The Morgan fingerprint density at radius 2 is 2.30 bits per heavy atom. The van der Waals surface area contributed by atoms with Crippen LogP contribution in [0.4, 0.5) is 5.69 Å². The molecular weight excluding hydrogens is 256 g/mol. The van der Waals surface area contributed by atoms with Crippen molar-refractivity contribution in [2.24, 2.45) is 0 Å². The number of imidazole rings is 1. The standard InChI is InChI=1S/C14H18N4O2/c1-3-13(17-10(2)14-15-7-8-16-14)11-5-4-6-12(9-11)18(19)20/h4-10,13,17H,3H2,1-2H3,(H,15,16). The molecule has 1 heterocycles. The van der Waals surface area contributed by atoms with Crippen LogP contribution in [-0.4, -0.2) is 14.9 Å². The Balaban J connectivity index is 2.15. The molecule has 0 saturated heterocycles. The molecule has 2 unspecified atom stereocenters. The summed E-state index contributed by atoms with van der Waals surface area (Å²) in [6.45, 7) is 4.06. The number of rotatable bonds is 6. The van der Waals surface area contributed by atoms with Gasteiger partial charge in [-0.3, -0.25) is 10.1 Å². The summed E-state index contributed by atoms with van der Waals surface area (Å²) in [5.41, 5.74) is 1.04. The molecule has 6 nitrogen and oxygen atoms in total. The minimum Gasteiger partial charge on any atom is -0.347 e. The molecule has 0 radical (unpaired) electrons. The average Bonchev–Trinajstić information content (AvgIpc) is 2.99. The zero-order valence-electron chi connectivity index (χ0n) is 11.5. The molecule has 2 N–H and O–H groups in total. The van der Waals surface area contributed by atoms with E-state index in [-0.39, 0.29) is 22.7 Å². The van der Waals surface area contributed by atoms with E-state index >= 15 is 0 Å². The first-order valence-electron chi connectivity index (χ1n) is 6.61. The lowest BCUT2D eigenvalue weighted by Gasteiger charge is -2.21. The average molecular weight is 274 g/mol. The fraction of sp³-hybridized carbons (Fsp3) is 0.357. The first-order valence-corrected chi connectivity index (χ1v) is 6.61. The van der Waals surface area contributed by atoms with E-state index in [0.717, 1.165) is 17.8 Å². The van der Waals surface area contributed by atoms with Crippen molar-refractivity contribution < 1.29 is 4.92 Å². The number of aromatic amines is 1. The number of nitro benzene ring substituents is 1. The molecule has 0 saturated carbocycles. The van der Waals surface area contributed by atoms with E-state index in [0.29, 0.717) is 0 Å². The van der Waals surface area contributed by atoms with Crippen LogP contribution >= 0.6 is 0 Å². The molecule has 1 aromatic heterocycles. The lowest BCUT2D eigenvalue weighted by molar-refractivity contribution is -0.384. The number of H-pyrrole nitrogens is 1. The van der Waals surface area contributed by atoms with Crippen molar-refractivity contribution in [3.05, 3.63) is 58.2 Å². The van der Waals surface area contributed by atoms with Crippen LogP contribution in [0.1, 0.15) is 43.7 Å². The number of hydrogen-bond donors (Lipinski definition) is 2. The zero-order chi connectivity index (χ0) is 14.5. The number of benzene rings is 1. The van der Waals surface area contributed by atoms with Crippen molar-refractivity contribution >= 4 is 5.69 Å². The second-order valence-corrected chi connectivity index (χ2v) is 4.68. The second-order valence-electron chi connectivity index (χ2n) is 4.68. The van der Waals surface area contributed by atoms with Gasteiger partial charge >= 0.3 is 0 Å². The van der Waals surface area contributed by atoms with Gasteiger partial charge in [-0.25, -0.2) is 4.98 Å². The van der Waals surface area contributed by atoms with E-state index in [2.05, 4.69) is 15.3 Å². The maximum absolute atomic E-state index is 10.8. The number of hydrogen-bond acceptors (Lipinski definition) is 4. The number of nitro groups is 1. The van der Waals surface area contributed by atoms with E-state index in [1.54, 1.807) is 24.5 Å². The fourth-order valence-corrected chi connectivity index (χ4v) is 2.20. The van der Waals surface area contributed by atoms with Gasteiger partial charge in [-0.1, -0.05) is 19.1 Å². The van der Waals surface area contributed by atoms with Gasteiger partial charge in [0.15, 0.2) is 0 Å². The molecule has 0 bridgehead atoms. The van der Waals surface area contributed by atoms with Gasteiger partial charge in [0.2, 0.25) is 0 Å². The molecular formula is C14H18N4O2. The molecule has 0 aliphatic heterocycles. The summed E-state index contributed by atoms with van der Waals surface area (Å²) in [6.07, 6.45) is 4.33. The number of aromatic nitrogens is 2. The SMILES string of the molecule is CCC(NC(C)c1ncc[nH]1)c1cccc([N+](=O)[O-])c1. The number of nitrogens with one attached hydrogen (secondary N) is 2. The highest BCUT2D eigenvalue weighted by atomic mass is 16.6. The Bertz CT molecular complexity index is 568. The Hall–Kier alpha value is -2.21. The Labute approximate surface area is 117 Å². The van der Waals surface area contributed by atoms with Crippen molar-refractivity contribution in [2.75, 3.05) is 0 Å². The summed E-state index contributed by atoms with van der Waals surface area (Å²) in [5, 5.41) is 14.3. The fourth-order valence-electron chi connectivity index (χ4n) is 2.20. The van der Waals surface area contributed by atoms with Crippen molar-refractivity contribution in [3.8, 4) is 0 Å². The topological polar surface area (TPSA) is 83.8 Å². The number of non-ortho nitro benzene ring substituents is 1. The van der Waals surface area contributed by atoms with Gasteiger partial charge in [-0.15, -0.1) is 0 Å². The van der Waals surface area contributed by atoms with Crippen LogP contribution < -0.4 is 5.32 Å². The Morgan fingerprint density at radius 3 is 2.90 bits per heavy atom. The third-order valence-electron chi connectivity index (χ3n) is 3.27. The van der Waals surface area contributed by atoms with Crippen LogP contribution in [0, 0.1) is 10.1 Å². The predicted octanol–water partition coefficient (Wildman–Crippen LogP) is 3.12. The summed E-state index contributed by atoms with van der Waals surface area (Å²) >= 11 is 0. The normalized spacial score (nSPS) is 13.9. The molecule has 106 valence electrons. The van der Waals surface area contributed by atoms with Crippen molar-refractivity contribution in [1.29, 1.82) is 0 Å². The van der Waals surface area contributed by atoms with E-state index in [1.165, 1.54) is 6.07 Å². The monoisotopic (exact) mass is 274 g/mol. The summed E-state index contributed by atoms with van der Waals surface area (Å²) < 4.78 is 0. The van der Waals surface area contributed by atoms with Crippen LogP contribution in [0.25, 0.3) is 0 Å². The molecule has 0 fully saturated rings. The quantitative estimate of drug-likeness (QED) is 0.626. The third-order valence-corrected chi connectivity index (χ3v) is 3.27. The molecule has 0 aliphatic rings. The summed E-state index contributed by atoms with van der Waals surface area (Å²) in [4.78, 5) is 17.8. The van der Waals surface area contributed by atoms with E-state index in [1.807, 2.05) is 19.9 Å². The molecule has 0 amide bonds. The summed E-state index contributed by atoms with van der Waals surface area (Å²) in [7, 11) is 0. The highest BCUT2D eigenvalue weighted by Crippen LogP contribution is 2.24. The van der Waals surface area contributed by atoms with Gasteiger partial charge in [-0.2, -0.15) is 0 Å². The first-order chi connectivity index (χ1) is 9.61. The smallest absolute Gasteiger partial charge is 0.269 e. The Kier molecular flexibility index (Phi) is 4.47. The molecule has 1 aromatic carbocycles. The molecule has 0 aliphatic carbocycles. The van der Waals surface area contributed by atoms with E-state index in [9.17, 15) is 10.1 Å². The van der Waals surface area contributed by atoms with E-state index in [4.69, 9.17) is 0 Å². The molecule has 2 aromatic rings. The maximum Gasteiger partial charge on any atom is 0.269 e. The van der Waals surface area contributed by atoms with Gasteiger partial charge in [0.05, 0.1) is 11.0 Å². The largest absolute Gasteiger partial charge is 0.347 e. The minimum absolute atomic E-state index is 0.0502. The van der Waals surface area contributed by atoms with Crippen LogP contribution in [0.5, 0.6) is 0 Å². The van der Waals surface area contributed by atoms with E-state index < -0.39 is 0 Å². The van der Waals surface area contributed by atoms with Crippen molar-refractivity contribution in [2.45, 2.75) is 32.4 Å². The molecule has 6 heteroatoms. The van der Waals surface area contributed by atoms with Gasteiger partial charge in [0, 0.05) is 30.6 Å². The third kappa shape index (κ3) is 3.21. The van der Waals surface area contributed by atoms with Crippen LogP contribution in [-0.2, 0) is 0 Å². The molecule has 20 heavy (non-hydrogen) atoms. The summed E-state index contributed by atoms with van der Waals surface area (Å²) in [6, 6.07) is 6.85. The minimum atomic E-state index is -0.369.